The summed E-state index contributed by atoms with van der Waals surface area (Å²) in [6.07, 6.45) is 3.78. The van der Waals surface area contributed by atoms with Crippen molar-refractivity contribution in [1.29, 1.82) is 0 Å². The summed E-state index contributed by atoms with van der Waals surface area (Å²) in [6, 6.07) is 10.5. The normalized spacial score (nSPS) is 11.2. The Bertz CT molecular complexity index is 655. The zero-order valence-corrected chi connectivity index (χ0v) is 11.0. The van der Waals surface area contributed by atoms with E-state index in [0.29, 0.717) is 6.54 Å². The van der Waals surface area contributed by atoms with Crippen LogP contribution in [0.25, 0.3) is 10.9 Å². The second-order valence-electron chi connectivity index (χ2n) is 4.55. The molecule has 0 spiro atoms. The number of aromatic nitrogens is 2. The van der Waals surface area contributed by atoms with E-state index in [0.717, 1.165) is 18.8 Å². The van der Waals surface area contributed by atoms with Gasteiger partial charge in [-0.3, -0.25) is 0 Å². The molecule has 1 N–H and O–H groups in total. The average Bonchev–Trinajstić information content (AvgIpc) is 3.07. The fourth-order valence-electron chi connectivity index (χ4n) is 2.33. The number of nitrogens with zero attached hydrogens (tertiary/aromatic N) is 2. The molecule has 4 heteroatoms. The number of rotatable bonds is 5. The third kappa shape index (κ3) is 2.39. The highest BCUT2D eigenvalue weighted by Crippen LogP contribution is 2.21. The van der Waals surface area contributed by atoms with E-state index in [9.17, 15) is 0 Å². The Morgan fingerprint density at radius 3 is 3.00 bits per heavy atom. The quantitative estimate of drug-likeness (QED) is 0.762. The SMILES string of the molecule is CCNCc1cccc2c1ccn2Cc1ccno1. The number of fused-ring (bicyclic) bond motifs is 1. The molecule has 0 unspecified atom stereocenters. The van der Waals surface area contributed by atoms with E-state index in [2.05, 4.69) is 52.4 Å². The van der Waals surface area contributed by atoms with Gasteiger partial charge < -0.3 is 14.4 Å². The summed E-state index contributed by atoms with van der Waals surface area (Å²) in [7, 11) is 0. The Labute approximate surface area is 112 Å². The van der Waals surface area contributed by atoms with Crippen molar-refractivity contribution in [2.45, 2.75) is 20.0 Å². The standard InChI is InChI=1S/C15H17N3O/c1-2-16-10-12-4-3-5-15-14(12)7-9-18(15)11-13-6-8-17-19-13/h3-9,16H,2,10-11H2,1H3. The van der Waals surface area contributed by atoms with Crippen LogP contribution in [0.2, 0.25) is 0 Å². The molecule has 3 rings (SSSR count). The molecule has 98 valence electrons. The van der Waals surface area contributed by atoms with E-state index in [1.54, 1.807) is 6.20 Å². The lowest BCUT2D eigenvalue weighted by atomic mass is 10.1. The van der Waals surface area contributed by atoms with Gasteiger partial charge in [-0.1, -0.05) is 24.2 Å². The molecule has 0 radical (unpaired) electrons. The lowest BCUT2D eigenvalue weighted by molar-refractivity contribution is 0.378. The second-order valence-corrected chi connectivity index (χ2v) is 4.55. The first-order valence-corrected chi connectivity index (χ1v) is 6.55. The van der Waals surface area contributed by atoms with Crippen molar-refractivity contribution in [3.05, 3.63) is 54.0 Å². The van der Waals surface area contributed by atoms with Crippen LogP contribution in [0, 0.1) is 0 Å². The van der Waals surface area contributed by atoms with Gasteiger partial charge in [0, 0.05) is 29.7 Å². The van der Waals surface area contributed by atoms with Crippen LogP contribution in [0.5, 0.6) is 0 Å². The van der Waals surface area contributed by atoms with Crippen molar-refractivity contribution >= 4 is 10.9 Å². The summed E-state index contributed by atoms with van der Waals surface area (Å²) in [5.41, 5.74) is 2.56. The minimum Gasteiger partial charge on any atom is -0.359 e. The zero-order chi connectivity index (χ0) is 13.1. The molecule has 0 amide bonds. The molecule has 2 heterocycles. The maximum Gasteiger partial charge on any atom is 0.156 e. The maximum atomic E-state index is 5.17. The van der Waals surface area contributed by atoms with Gasteiger partial charge in [0.25, 0.3) is 0 Å². The van der Waals surface area contributed by atoms with E-state index < -0.39 is 0 Å². The molecule has 0 saturated carbocycles. The van der Waals surface area contributed by atoms with Gasteiger partial charge in [-0.2, -0.15) is 0 Å². The van der Waals surface area contributed by atoms with Crippen LogP contribution in [0.1, 0.15) is 18.2 Å². The van der Waals surface area contributed by atoms with Gasteiger partial charge in [0.1, 0.15) is 0 Å². The average molecular weight is 255 g/mol. The van der Waals surface area contributed by atoms with Gasteiger partial charge in [-0.05, 0) is 24.2 Å². The van der Waals surface area contributed by atoms with Gasteiger partial charge in [-0.25, -0.2) is 0 Å². The van der Waals surface area contributed by atoms with Crippen LogP contribution in [-0.2, 0) is 13.1 Å². The van der Waals surface area contributed by atoms with Crippen molar-refractivity contribution in [1.82, 2.24) is 15.0 Å². The molecule has 0 aliphatic rings. The third-order valence-corrected chi connectivity index (χ3v) is 3.29. The van der Waals surface area contributed by atoms with Gasteiger partial charge in [0.05, 0.1) is 12.7 Å². The molecule has 0 atom stereocenters. The van der Waals surface area contributed by atoms with Crippen molar-refractivity contribution in [2.75, 3.05) is 6.54 Å². The summed E-state index contributed by atoms with van der Waals surface area (Å²) in [6.45, 7) is 4.72. The first-order chi connectivity index (χ1) is 9.38. The molecule has 19 heavy (non-hydrogen) atoms. The highest BCUT2D eigenvalue weighted by Gasteiger charge is 2.07. The highest BCUT2D eigenvalue weighted by atomic mass is 16.5. The first kappa shape index (κ1) is 12.0. The molecular formula is C15H17N3O. The molecular weight excluding hydrogens is 238 g/mol. The number of hydrogen-bond donors (Lipinski definition) is 1. The summed E-state index contributed by atoms with van der Waals surface area (Å²) >= 11 is 0. The lowest BCUT2D eigenvalue weighted by Crippen LogP contribution is -2.11. The summed E-state index contributed by atoms with van der Waals surface area (Å²) in [5, 5.41) is 8.41. The molecule has 0 fully saturated rings. The summed E-state index contributed by atoms with van der Waals surface area (Å²) in [5.74, 6) is 0.870. The van der Waals surface area contributed by atoms with Gasteiger partial charge in [-0.15, -0.1) is 0 Å². The minimum atomic E-state index is 0.716. The summed E-state index contributed by atoms with van der Waals surface area (Å²) in [4.78, 5) is 0. The Kier molecular flexibility index (Phi) is 3.33. The van der Waals surface area contributed by atoms with E-state index in [1.807, 2.05) is 6.07 Å². The second kappa shape index (κ2) is 5.28. The van der Waals surface area contributed by atoms with E-state index in [-0.39, 0.29) is 0 Å². The molecule has 0 saturated heterocycles. The Morgan fingerprint density at radius 1 is 1.26 bits per heavy atom. The molecule has 4 nitrogen and oxygen atoms in total. The molecule has 2 aromatic heterocycles. The minimum absolute atomic E-state index is 0.716. The van der Waals surface area contributed by atoms with Crippen LogP contribution in [-0.4, -0.2) is 16.3 Å². The van der Waals surface area contributed by atoms with Crippen molar-refractivity contribution in [2.24, 2.45) is 0 Å². The van der Waals surface area contributed by atoms with Crippen LogP contribution < -0.4 is 5.32 Å². The molecule has 0 aliphatic carbocycles. The van der Waals surface area contributed by atoms with Gasteiger partial charge in [0.15, 0.2) is 5.76 Å². The monoisotopic (exact) mass is 255 g/mol. The highest BCUT2D eigenvalue weighted by molar-refractivity contribution is 5.83. The van der Waals surface area contributed by atoms with E-state index in [1.165, 1.54) is 16.5 Å². The first-order valence-electron chi connectivity index (χ1n) is 6.55. The van der Waals surface area contributed by atoms with Gasteiger partial charge in [0.2, 0.25) is 0 Å². The van der Waals surface area contributed by atoms with Crippen molar-refractivity contribution < 1.29 is 4.52 Å². The third-order valence-electron chi connectivity index (χ3n) is 3.29. The molecule has 1 aromatic carbocycles. The number of benzene rings is 1. The topological polar surface area (TPSA) is 43.0 Å². The van der Waals surface area contributed by atoms with E-state index >= 15 is 0 Å². The van der Waals surface area contributed by atoms with Crippen molar-refractivity contribution in [3.63, 3.8) is 0 Å². The van der Waals surface area contributed by atoms with Crippen LogP contribution in [0.3, 0.4) is 0 Å². The number of nitrogens with one attached hydrogen (secondary N) is 1. The smallest absolute Gasteiger partial charge is 0.156 e. The zero-order valence-electron chi connectivity index (χ0n) is 11.0. The molecule has 3 aromatic rings. The van der Waals surface area contributed by atoms with Crippen molar-refractivity contribution in [3.8, 4) is 0 Å². The van der Waals surface area contributed by atoms with Gasteiger partial charge >= 0.3 is 0 Å². The van der Waals surface area contributed by atoms with E-state index in [4.69, 9.17) is 4.52 Å². The molecule has 0 bridgehead atoms. The number of hydrogen-bond acceptors (Lipinski definition) is 3. The Hall–Kier alpha value is -2.07. The Morgan fingerprint density at radius 2 is 2.21 bits per heavy atom. The maximum absolute atomic E-state index is 5.17. The van der Waals surface area contributed by atoms with Crippen LogP contribution >= 0.6 is 0 Å². The fraction of sp³-hybridized carbons (Fsp3) is 0.267. The Balaban J connectivity index is 1.94. The largest absolute Gasteiger partial charge is 0.359 e. The fourth-order valence-corrected chi connectivity index (χ4v) is 2.33. The summed E-state index contributed by atoms with van der Waals surface area (Å²) < 4.78 is 7.35. The van der Waals surface area contributed by atoms with Crippen LogP contribution in [0.4, 0.5) is 0 Å². The molecule has 0 aliphatic heterocycles. The van der Waals surface area contributed by atoms with Crippen LogP contribution in [0.15, 0.2) is 47.2 Å². The lowest BCUT2D eigenvalue weighted by Gasteiger charge is -2.06. The predicted octanol–water partition coefficient (Wildman–Crippen LogP) is 2.79. The predicted molar refractivity (Wildman–Crippen MR) is 74.9 cm³/mol.